The van der Waals surface area contributed by atoms with Gasteiger partial charge in [0, 0.05) is 39.9 Å². The summed E-state index contributed by atoms with van der Waals surface area (Å²) in [5, 5.41) is 0. The Bertz CT molecular complexity index is 765. The first-order valence-corrected chi connectivity index (χ1v) is 11.3. The van der Waals surface area contributed by atoms with Crippen LogP contribution in [0, 0.1) is 5.92 Å². The SMILES string of the molecule is COCCN(Cc1ccc(COC)o1)C[C@@H]1CCCN(C2Cc3ccccc3C2)C1. The highest BCUT2D eigenvalue weighted by atomic mass is 16.5. The lowest BCUT2D eigenvalue weighted by Crippen LogP contribution is -2.46. The molecule has 164 valence electrons. The third-order valence-electron chi connectivity index (χ3n) is 6.61. The number of methoxy groups -OCH3 is 2. The Morgan fingerprint density at radius 2 is 1.80 bits per heavy atom. The van der Waals surface area contributed by atoms with E-state index < -0.39 is 0 Å². The molecule has 1 aromatic heterocycles. The molecule has 1 aliphatic heterocycles. The number of furan rings is 1. The predicted octanol–water partition coefficient (Wildman–Crippen LogP) is 3.75. The van der Waals surface area contributed by atoms with Gasteiger partial charge in [-0.3, -0.25) is 9.80 Å². The highest BCUT2D eigenvalue weighted by molar-refractivity contribution is 5.33. The molecular formula is C25H36N2O3. The van der Waals surface area contributed by atoms with Gasteiger partial charge in [-0.05, 0) is 61.4 Å². The minimum absolute atomic E-state index is 0.527. The molecule has 1 fully saturated rings. The molecule has 30 heavy (non-hydrogen) atoms. The zero-order valence-electron chi connectivity index (χ0n) is 18.5. The van der Waals surface area contributed by atoms with Gasteiger partial charge < -0.3 is 13.9 Å². The summed E-state index contributed by atoms with van der Waals surface area (Å²) < 4.78 is 16.5. The lowest BCUT2D eigenvalue weighted by atomic mass is 9.95. The van der Waals surface area contributed by atoms with Crippen molar-refractivity contribution in [1.29, 1.82) is 0 Å². The van der Waals surface area contributed by atoms with Crippen LogP contribution in [0.25, 0.3) is 0 Å². The predicted molar refractivity (Wildman–Crippen MR) is 119 cm³/mol. The van der Waals surface area contributed by atoms with E-state index in [4.69, 9.17) is 13.9 Å². The molecule has 0 unspecified atom stereocenters. The molecule has 1 atom stereocenters. The highest BCUT2D eigenvalue weighted by Gasteiger charge is 2.31. The second kappa shape index (κ2) is 10.6. The average molecular weight is 413 g/mol. The molecule has 2 aliphatic rings. The minimum atomic E-state index is 0.527. The van der Waals surface area contributed by atoms with Gasteiger partial charge >= 0.3 is 0 Å². The normalized spacial score (nSPS) is 20.2. The molecule has 1 aromatic carbocycles. The van der Waals surface area contributed by atoms with Crippen LogP contribution in [0.15, 0.2) is 40.8 Å². The van der Waals surface area contributed by atoms with E-state index in [2.05, 4.69) is 40.1 Å². The monoisotopic (exact) mass is 412 g/mol. The first-order valence-electron chi connectivity index (χ1n) is 11.3. The van der Waals surface area contributed by atoms with Crippen LogP contribution >= 0.6 is 0 Å². The number of ether oxygens (including phenoxy) is 2. The van der Waals surface area contributed by atoms with Crippen LogP contribution in [0.4, 0.5) is 0 Å². The number of likely N-dealkylation sites (tertiary alicyclic amines) is 1. The van der Waals surface area contributed by atoms with Gasteiger partial charge in [-0.15, -0.1) is 0 Å². The van der Waals surface area contributed by atoms with E-state index in [-0.39, 0.29) is 0 Å². The van der Waals surface area contributed by atoms with Gasteiger partial charge in [0.2, 0.25) is 0 Å². The maximum atomic E-state index is 5.94. The standard InChI is InChI=1S/C25H36N2O3/c1-28-13-12-26(18-24-9-10-25(30-24)19-29-2)16-20-6-5-11-27(17-20)23-14-21-7-3-4-8-22(21)15-23/h3-4,7-10,20,23H,5-6,11-19H2,1-2H3/t20-/m0/s1. The maximum Gasteiger partial charge on any atom is 0.129 e. The Balaban J connectivity index is 1.34. The van der Waals surface area contributed by atoms with Crippen molar-refractivity contribution >= 4 is 0 Å². The van der Waals surface area contributed by atoms with Crippen LogP contribution < -0.4 is 0 Å². The van der Waals surface area contributed by atoms with Crippen molar-refractivity contribution in [2.75, 3.05) is 47.0 Å². The maximum absolute atomic E-state index is 5.94. The number of fused-ring (bicyclic) bond motifs is 1. The Morgan fingerprint density at radius 3 is 2.53 bits per heavy atom. The fourth-order valence-corrected chi connectivity index (χ4v) is 5.14. The third-order valence-corrected chi connectivity index (χ3v) is 6.61. The average Bonchev–Trinajstić information content (AvgIpc) is 3.39. The van der Waals surface area contributed by atoms with Gasteiger partial charge in [-0.25, -0.2) is 0 Å². The molecule has 5 nitrogen and oxygen atoms in total. The van der Waals surface area contributed by atoms with Crippen molar-refractivity contribution in [3.8, 4) is 0 Å². The number of nitrogens with zero attached hydrogens (tertiary/aromatic N) is 2. The second-order valence-electron chi connectivity index (χ2n) is 8.86. The van der Waals surface area contributed by atoms with Crippen molar-refractivity contribution in [2.45, 2.75) is 44.9 Å². The molecule has 1 saturated heterocycles. The van der Waals surface area contributed by atoms with E-state index in [1.807, 2.05) is 6.07 Å². The van der Waals surface area contributed by atoms with E-state index in [1.165, 1.54) is 38.8 Å². The molecule has 0 bridgehead atoms. The largest absolute Gasteiger partial charge is 0.462 e. The molecule has 1 aliphatic carbocycles. The summed E-state index contributed by atoms with van der Waals surface area (Å²) in [6.45, 7) is 6.58. The summed E-state index contributed by atoms with van der Waals surface area (Å²) >= 11 is 0. The summed E-state index contributed by atoms with van der Waals surface area (Å²) in [6.07, 6.45) is 5.04. The van der Waals surface area contributed by atoms with Gasteiger partial charge in [0.1, 0.15) is 18.1 Å². The van der Waals surface area contributed by atoms with Crippen LogP contribution in [-0.2, 0) is 35.5 Å². The van der Waals surface area contributed by atoms with Crippen molar-refractivity contribution in [1.82, 2.24) is 9.80 Å². The third kappa shape index (κ3) is 5.52. The fourth-order valence-electron chi connectivity index (χ4n) is 5.14. The lowest BCUT2D eigenvalue weighted by molar-refractivity contribution is 0.0808. The molecule has 0 N–H and O–H groups in total. The molecule has 2 aromatic rings. The Hall–Kier alpha value is -1.66. The van der Waals surface area contributed by atoms with E-state index in [9.17, 15) is 0 Å². The summed E-state index contributed by atoms with van der Waals surface area (Å²) in [5.41, 5.74) is 3.10. The van der Waals surface area contributed by atoms with Gasteiger partial charge in [-0.2, -0.15) is 0 Å². The molecule has 4 rings (SSSR count). The van der Waals surface area contributed by atoms with E-state index in [1.54, 1.807) is 25.3 Å². The van der Waals surface area contributed by atoms with Crippen molar-refractivity contribution in [3.05, 3.63) is 59.0 Å². The van der Waals surface area contributed by atoms with E-state index >= 15 is 0 Å². The van der Waals surface area contributed by atoms with Crippen LogP contribution in [0.3, 0.4) is 0 Å². The summed E-state index contributed by atoms with van der Waals surface area (Å²) in [5.74, 6) is 2.61. The molecule has 2 heterocycles. The molecule has 0 radical (unpaired) electrons. The van der Waals surface area contributed by atoms with E-state index in [0.29, 0.717) is 18.6 Å². The number of hydrogen-bond donors (Lipinski definition) is 0. The number of benzene rings is 1. The topological polar surface area (TPSA) is 38.1 Å². The summed E-state index contributed by atoms with van der Waals surface area (Å²) in [7, 11) is 3.48. The molecular weight excluding hydrogens is 376 g/mol. The van der Waals surface area contributed by atoms with Crippen molar-refractivity contribution in [2.24, 2.45) is 5.92 Å². The Morgan fingerprint density at radius 1 is 1.03 bits per heavy atom. The smallest absolute Gasteiger partial charge is 0.129 e. The summed E-state index contributed by atoms with van der Waals surface area (Å²) in [6, 6.07) is 13.8. The van der Waals surface area contributed by atoms with Crippen LogP contribution in [-0.4, -0.2) is 62.8 Å². The van der Waals surface area contributed by atoms with Gasteiger partial charge in [0.25, 0.3) is 0 Å². The lowest BCUT2D eigenvalue weighted by Gasteiger charge is -2.38. The van der Waals surface area contributed by atoms with Gasteiger partial charge in [0.15, 0.2) is 0 Å². The van der Waals surface area contributed by atoms with Crippen LogP contribution in [0.1, 0.15) is 35.5 Å². The van der Waals surface area contributed by atoms with Crippen LogP contribution in [0.5, 0.6) is 0 Å². The molecule has 0 amide bonds. The molecule has 0 spiro atoms. The van der Waals surface area contributed by atoms with Crippen molar-refractivity contribution < 1.29 is 13.9 Å². The summed E-state index contributed by atoms with van der Waals surface area (Å²) in [4.78, 5) is 5.25. The van der Waals surface area contributed by atoms with Crippen LogP contribution in [0.2, 0.25) is 0 Å². The number of rotatable bonds is 10. The minimum Gasteiger partial charge on any atom is -0.462 e. The van der Waals surface area contributed by atoms with Gasteiger partial charge in [0.05, 0.1) is 13.2 Å². The van der Waals surface area contributed by atoms with Gasteiger partial charge in [-0.1, -0.05) is 24.3 Å². The molecule has 5 heteroatoms. The first-order chi connectivity index (χ1) is 14.7. The number of hydrogen-bond acceptors (Lipinski definition) is 5. The Labute approximate surface area is 180 Å². The quantitative estimate of drug-likeness (QED) is 0.594. The highest BCUT2D eigenvalue weighted by Crippen LogP contribution is 2.29. The fraction of sp³-hybridized carbons (Fsp3) is 0.600. The number of piperidine rings is 1. The Kier molecular flexibility index (Phi) is 7.61. The van der Waals surface area contributed by atoms with E-state index in [0.717, 1.165) is 37.8 Å². The zero-order valence-corrected chi connectivity index (χ0v) is 18.5. The second-order valence-corrected chi connectivity index (χ2v) is 8.86. The molecule has 0 saturated carbocycles. The van der Waals surface area contributed by atoms with Crippen molar-refractivity contribution in [3.63, 3.8) is 0 Å². The first kappa shape index (κ1) is 21.6. The zero-order chi connectivity index (χ0) is 20.8.